The first-order valence-electron chi connectivity index (χ1n) is 3.75. The second-order valence-corrected chi connectivity index (χ2v) is 2.51. The molecule has 1 aromatic rings. The zero-order chi connectivity index (χ0) is 9.68. The Kier molecular flexibility index (Phi) is 3.05. The summed E-state index contributed by atoms with van der Waals surface area (Å²) < 4.78 is 0. The molecule has 0 radical (unpaired) electrons. The quantitative estimate of drug-likeness (QED) is 0.350. The van der Waals surface area contributed by atoms with Crippen molar-refractivity contribution < 1.29 is 4.79 Å². The third-order valence-electron chi connectivity index (χ3n) is 1.62. The maximum absolute atomic E-state index is 10.3. The summed E-state index contributed by atoms with van der Waals surface area (Å²) >= 11 is 0. The summed E-state index contributed by atoms with van der Waals surface area (Å²) in [5, 5.41) is 0. The molecule has 0 unspecified atom stereocenters. The molecule has 0 saturated carbocycles. The van der Waals surface area contributed by atoms with Gasteiger partial charge in [0, 0.05) is 11.8 Å². The van der Waals surface area contributed by atoms with E-state index in [1.165, 1.54) is 6.20 Å². The van der Waals surface area contributed by atoms with Crippen molar-refractivity contribution in [1.29, 1.82) is 0 Å². The van der Waals surface area contributed by atoms with Gasteiger partial charge in [0.15, 0.2) is 0 Å². The van der Waals surface area contributed by atoms with Gasteiger partial charge >= 0.3 is 0 Å². The zero-order valence-corrected chi connectivity index (χ0v) is 7.03. The number of hydrazine groups is 1. The largest absolute Gasteiger partial charge is 0.397 e. The lowest BCUT2D eigenvalue weighted by Gasteiger charge is -2.01. The molecule has 1 rings (SSSR count). The van der Waals surface area contributed by atoms with E-state index in [-0.39, 0.29) is 0 Å². The molecule has 5 N–H and O–H groups in total. The molecule has 0 aliphatic heterocycles. The van der Waals surface area contributed by atoms with E-state index in [1.54, 1.807) is 24.3 Å². The first kappa shape index (κ1) is 9.28. The van der Waals surface area contributed by atoms with Crippen molar-refractivity contribution in [3.8, 4) is 0 Å². The molecule has 13 heavy (non-hydrogen) atoms. The minimum atomic E-state index is 0.528. The van der Waals surface area contributed by atoms with Crippen LogP contribution in [0.2, 0.25) is 0 Å². The molecular formula is C9H11N3O. The number of nitrogens with one attached hydrogen (secondary N) is 1. The molecule has 0 aromatic heterocycles. The number of carbonyl (C=O) groups is 1. The third-order valence-corrected chi connectivity index (χ3v) is 1.62. The smallest absolute Gasteiger partial charge is 0.150 e. The van der Waals surface area contributed by atoms with Crippen molar-refractivity contribution in [2.45, 2.75) is 0 Å². The van der Waals surface area contributed by atoms with Crippen LogP contribution in [-0.4, -0.2) is 6.29 Å². The van der Waals surface area contributed by atoms with Crippen molar-refractivity contribution >= 4 is 12.0 Å². The Balaban J connectivity index is 2.91. The predicted octanol–water partition coefficient (Wildman–Crippen LogP) is 0.219. The van der Waals surface area contributed by atoms with Gasteiger partial charge in [-0.15, -0.1) is 0 Å². The minimum Gasteiger partial charge on any atom is -0.397 e. The summed E-state index contributed by atoms with van der Waals surface area (Å²) in [6.45, 7) is 0. The highest BCUT2D eigenvalue weighted by Gasteiger charge is 1.95. The van der Waals surface area contributed by atoms with Crippen LogP contribution in [0, 0.1) is 0 Å². The Morgan fingerprint density at radius 1 is 1.31 bits per heavy atom. The molecule has 68 valence electrons. The summed E-state index contributed by atoms with van der Waals surface area (Å²) in [7, 11) is 0. The average molecular weight is 177 g/mol. The maximum Gasteiger partial charge on any atom is 0.150 e. The van der Waals surface area contributed by atoms with Crippen LogP contribution in [0.4, 0.5) is 0 Å². The highest BCUT2D eigenvalue weighted by atomic mass is 16.1. The standard InChI is InChI=1S/C9H11N3O/c10-9(5-12-11)8-3-1-7(6-13)2-4-8/h1-6,12H,10-11H2/b9-5-. The van der Waals surface area contributed by atoms with Gasteiger partial charge < -0.3 is 11.2 Å². The molecule has 0 heterocycles. The number of rotatable bonds is 3. The van der Waals surface area contributed by atoms with Crippen molar-refractivity contribution in [2.75, 3.05) is 0 Å². The van der Waals surface area contributed by atoms with E-state index >= 15 is 0 Å². The second kappa shape index (κ2) is 4.27. The highest BCUT2D eigenvalue weighted by molar-refractivity contribution is 5.76. The van der Waals surface area contributed by atoms with Crippen molar-refractivity contribution in [1.82, 2.24) is 5.43 Å². The Bertz CT molecular complexity index is 316. The first-order valence-corrected chi connectivity index (χ1v) is 3.75. The molecule has 0 atom stereocenters. The number of carbonyl (C=O) groups excluding carboxylic acids is 1. The lowest BCUT2D eigenvalue weighted by molar-refractivity contribution is 0.112. The van der Waals surface area contributed by atoms with E-state index in [0.29, 0.717) is 11.3 Å². The van der Waals surface area contributed by atoms with Gasteiger partial charge in [0.05, 0.1) is 5.70 Å². The maximum atomic E-state index is 10.3. The molecule has 1 aromatic carbocycles. The van der Waals surface area contributed by atoms with Gasteiger partial charge in [-0.25, -0.2) is 0 Å². The monoisotopic (exact) mass is 177 g/mol. The molecule has 0 aliphatic rings. The van der Waals surface area contributed by atoms with Crippen LogP contribution in [0.1, 0.15) is 15.9 Å². The molecule has 0 saturated heterocycles. The summed E-state index contributed by atoms with van der Waals surface area (Å²) in [6.07, 6.45) is 2.26. The number of nitrogens with two attached hydrogens (primary N) is 2. The lowest BCUT2D eigenvalue weighted by atomic mass is 10.1. The predicted molar refractivity (Wildman–Crippen MR) is 51.3 cm³/mol. The van der Waals surface area contributed by atoms with Gasteiger partial charge in [0.25, 0.3) is 0 Å². The van der Waals surface area contributed by atoms with Gasteiger partial charge in [-0.2, -0.15) is 0 Å². The molecule has 4 nitrogen and oxygen atoms in total. The molecule has 0 fully saturated rings. The van der Waals surface area contributed by atoms with Crippen molar-refractivity contribution in [3.63, 3.8) is 0 Å². The van der Waals surface area contributed by atoms with Crippen LogP contribution in [-0.2, 0) is 0 Å². The Morgan fingerprint density at radius 3 is 2.38 bits per heavy atom. The van der Waals surface area contributed by atoms with Gasteiger partial charge in [0.2, 0.25) is 0 Å². The Labute approximate surface area is 76.2 Å². The van der Waals surface area contributed by atoms with E-state index in [9.17, 15) is 4.79 Å². The summed E-state index contributed by atoms with van der Waals surface area (Å²) in [5.74, 6) is 5.06. The Hall–Kier alpha value is -1.81. The fraction of sp³-hybridized carbons (Fsp3) is 0. The summed E-state index contributed by atoms with van der Waals surface area (Å²) in [5.41, 5.74) is 9.94. The van der Waals surface area contributed by atoms with Gasteiger partial charge in [-0.05, 0) is 5.56 Å². The van der Waals surface area contributed by atoms with Crippen LogP contribution < -0.4 is 17.0 Å². The third kappa shape index (κ3) is 2.31. The van der Waals surface area contributed by atoms with Crippen LogP contribution >= 0.6 is 0 Å². The SMILES string of the molecule is NN/C=C(\N)c1ccc(C=O)cc1. The molecule has 4 heteroatoms. The van der Waals surface area contributed by atoms with E-state index in [2.05, 4.69) is 5.43 Å². The summed E-state index contributed by atoms with van der Waals surface area (Å²) in [4.78, 5) is 10.3. The van der Waals surface area contributed by atoms with Gasteiger partial charge in [0.1, 0.15) is 6.29 Å². The number of aldehydes is 1. The van der Waals surface area contributed by atoms with E-state index in [4.69, 9.17) is 11.6 Å². The van der Waals surface area contributed by atoms with Crippen LogP contribution in [0.15, 0.2) is 30.5 Å². The molecule has 0 amide bonds. The first-order chi connectivity index (χ1) is 6.27. The molecule has 0 spiro atoms. The Morgan fingerprint density at radius 2 is 1.92 bits per heavy atom. The molecular weight excluding hydrogens is 166 g/mol. The zero-order valence-electron chi connectivity index (χ0n) is 7.03. The lowest BCUT2D eigenvalue weighted by Crippen LogP contribution is -2.16. The normalized spacial score (nSPS) is 11.0. The topological polar surface area (TPSA) is 81.1 Å². The van der Waals surface area contributed by atoms with Crippen LogP contribution in [0.5, 0.6) is 0 Å². The van der Waals surface area contributed by atoms with E-state index < -0.39 is 0 Å². The van der Waals surface area contributed by atoms with Crippen molar-refractivity contribution in [3.05, 3.63) is 41.6 Å². The van der Waals surface area contributed by atoms with Gasteiger partial charge in [-0.3, -0.25) is 10.6 Å². The number of hydrogen-bond acceptors (Lipinski definition) is 4. The number of benzene rings is 1. The minimum absolute atomic E-state index is 0.528. The fourth-order valence-electron chi connectivity index (χ4n) is 0.927. The van der Waals surface area contributed by atoms with Crippen molar-refractivity contribution in [2.24, 2.45) is 11.6 Å². The van der Waals surface area contributed by atoms with Crippen LogP contribution in [0.25, 0.3) is 5.70 Å². The summed E-state index contributed by atoms with van der Waals surface area (Å²) in [6, 6.07) is 6.90. The second-order valence-electron chi connectivity index (χ2n) is 2.51. The highest BCUT2D eigenvalue weighted by Crippen LogP contribution is 2.08. The average Bonchev–Trinajstić information content (AvgIpc) is 2.18. The van der Waals surface area contributed by atoms with E-state index in [1.807, 2.05) is 0 Å². The molecule has 0 aliphatic carbocycles. The molecule has 0 bridgehead atoms. The van der Waals surface area contributed by atoms with Gasteiger partial charge in [-0.1, -0.05) is 24.3 Å². The van der Waals surface area contributed by atoms with E-state index in [0.717, 1.165) is 11.8 Å². The number of hydrogen-bond donors (Lipinski definition) is 3. The van der Waals surface area contributed by atoms with Crippen LogP contribution in [0.3, 0.4) is 0 Å². The fourth-order valence-corrected chi connectivity index (χ4v) is 0.927.